The number of urea groups is 1. The average molecular weight is 315 g/mol. The molecule has 4 amide bonds. The zero-order chi connectivity index (χ0) is 16.4. The van der Waals surface area contributed by atoms with Crippen LogP contribution in [0.25, 0.3) is 0 Å². The van der Waals surface area contributed by atoms with E-state index in [1.165, 1.54) is 0 Å². The van der Waals surface area contributed by atoms with Crippen LogP contribution in [0.2, 0.25) is 0 Å². The van der Waals surface area contributed by atoms with Crippen LogP contribution in [0.5, 0.6) is 0 Å². The molecule has 2 aliphatic rings. The topological polar surface area (TPSA) is 78.5 Å². The van der Waals surface area contributed by atoms with E-state index in [9.17, 15) is 14.4 Å². The minimum Gasteiger partial charge on any atom is -0.325 e. The molecule has 1 aliphatic heterocycles. The van der Waals surface area contributed by atoms with Crippen LogP contribution in [-0.2, 0) is 9.59 Å². The highest BCUT2D eigenvalue weighted by atomic mass is 16.2. The molecular weight excluding hydrogens is 294 g/mol. The van der Waals surface area contributed by atoms with Crippen molar-refractivity contribution < 1.29 is 14.4 Å². The van der Waals surface area contributed by atoms with Gasteiger partial charge in [-0.05, 0) is 30.9 Å². The van der Waals surface area contributed by atoms with Crippen LogP contribution >= 0.6 is 0 Å². The molecule has 0 unspecified atom stereocenters. The number of hydrogen-bond donors (Lipinski definition) is 2. The molecule has 2 N–H and O–H groups in total. The van der Waals surface area contributed by atoms with Crippen LogP contribution in [0.4, 0.5) is 10.5 Å². The van der Waals surface area contributed by atoms with Gasteiger partial charge in [0.2, 0.25) is 5.91 Å². The van der Waals surface area contributed by atoms with E-state index in [2.05, 4.69) is 10.6 Å². The van der Waals surface area contributed by atoms with Gasteiger partial charge < -0.3 is 10.6 Å². The number of nitrogens with one attached hydrogen (secondary N) is 2. The van der Waals surface area contributed by atoms with Gasteiger partial charge in [0, 0.05) is 5.69 Å². The zero-order valence-electron chi connectivity index (χ0n) is 13.2. The maximum atomic E-state index is 12.8. The lowest BCUT2D eigenvalue weighted by atomic mass is 9.73. The molecule has 1 spiro atoms. The van der Waals surface area contributed by atoms with Gasteiger partial charge in [0.1, 0.15) is 12.1 Å². The van der Waals surface area contributed by atoms with Crippen LogP contribution < -0.4 is 10.6 Å². The number of rotatable bonds is 3. The zero-order valence-corrected chi connectivity index (χ0v) is 13.2. The third kappa shape index (κ3) is 2.81. The standard InChI is InChI=1S/C17H21N3O3/c1-12-7-5-6-10-17(12)15(22)20(16(23)19-17)11-14(21)18-13-8-3-2-4-9-13/h2-4,8-9,12H,5-7,10-11H2,1H3,(H,18,21)(H,19,23)/t12-,17-/m0/s1. The molecule has 1 saturated carbocycles. The molecule has 0 aromatic heterocycles. The largest absolute Gasteiger partial charge is 0.325 e. The summed E-state index contributed by atoms with van der Waals surface area (Å²) in [5, 5.41) is 5.55. The fourth-order valence-corrected chi connectivity index (χ4v) is 3.50. The number of hydrogen-bond acceptors (Lipinski definition) is 3. The van der Waals surface area contributed by atoms with E-state index in [0.29, 0.717) is 12.1 Å². The summed E-state index contributed by atoms with van der Waals surface area (Å²) in [6.07, 6.45) is 3.55. The van der Waals surface area contributed by atoms with Crippen LogP contribution in [0.15, 0.2) is 30.3 Å². The van der Waals surface area contributed by atoms with Crippen molar-refractivity contribution in [3.63, 3.8) is 0 Å². The summed E-state index contributed by atoms with van der Waals surface area (Å²) in [5.41, 5.74) is -0.173. The number of anilines is 1. The molecule has 6 heteroatoms. The number of nitrogens with zero attached hydrogens (tertiary/aromatic N) is 1. The molecule has 122 valence electrons. The Kier molecular flexibility index (Phi) is 4.07. The SMILES string of the molecule is C[C@H]1CCCC[C@]12NC(=O)N(CC(=O)Nc1ccccc1)C2=O. The Bertz CT molecular complexity index is 631. The van der Waals surface area contributed by atoms with Gasteiger partial charge in [-0.2, -0.15) is 0 Å². The monoisotopic (exact) mass is 315 g/mol. The smallest absolute Gasteiger partial charge is 0.325 e. The quantitative estimate of drug-likeness (QED) is 0.839. The van der Waals surface area contributed by atoms with Crippen LogP contribution in [0.3, 0.4) is 0 Å². The molecule has 3 rings (SSSR count). The molecule has 23 heavy (non-hydrogen) atoms. The van der Waals surface area contributed by atoms with Gasteiger partial charge in [0.15, 0.2) is 0 Å². The van der Waals surface area contributed by atoms with Gasteiger partial charge in [-0.15, -0.1) is 0 Å². The minimum absolute atomic E-state index is 0.0925. The highest BCUT2D eigenvalue weighted by Crippen LogP contribution is 2.38. The van der Waals surface area contributed by atoms with Gasteiger partial charge in [-0.25, -0.2) is 4.79 Å². The van der Waals surface area contributed by atoms with Crippen molar-refractivity contribution in [3.05, 3.63) is 30.3 Å². The van der Waals surface area contributed by atoms with Crippen molar-refractivity contribution in [3.8, 4) is 0 Å². The molecule has 1 aliphatic carbocycles. The number of para-hydroxylation sites is 1. The number of imide groups is 1. The lowest BCUT2D eigenvalue weighted by molar-refractivity contribution is -0.136. The van der Waals surface area contributed by atoms with E-state index in [4.69, 9.17) is 0 Å². The summed E-state index contributed by atoms with van der Waals surface area (Å²) in [4.78, 5) is 38.1. The van der Waals surface area contributed by atoms with E-state index in [1.54, 1.807) is 12.1 Å². The normalized spacial score (nSPS) is 27.2. The fraction of sp³-hybridized carbons (Fsp3) is 0.471. The van der Waals surface area contributed by atoms with E-state index in [1.807, 2.05) is 25.1 Å². The Hall–Kier alpha value is -2.37. The average Bonchev–Trinajstić information content (AvgIpc) is 2.76. The summed E-state index contributed by atoms with van der Waals surface area (Å²) >= 11 is 0. The van der Waals surface area contributed by atoms with Crippen molar-refractivity contribution in [2.24, 2.45) is 5.92 Å². The van der Waals surface area contributed by atoms with Crippen LogP contribution in [-0.4, -0.2) is 34.8 Å². The summed E-state index contributed by atoms with van der Waals surface area (Å²) < 4.78 is 0. The Morgan fingerprint density at radius 1 is 1.30 bits per heavy atom. The molecule has 1 aromatic carbocycles. The maximum absolute atomic E-state index is 12.8. The lowest BCUT2D eigenvalue weighted by Gasteiger charge is -2.36. The minimum atomic E-state index is -0.817. The van der Waals surface area contributed by atoms with Gasteiger partial charge >= 0.3 is 6.03 Å². The fourth-order valence-electron chi connectivity index (χ4n) is 3.50. The molecule has 6 nitrogen and oxygen atoms in total. The predicted octanol–water partition coefficient (Wildman–Crippen LogP) is 2.13. The van der Waals surface area contributed by atoms with Crippen molar-refractivity contribution in [2.75, 3.05) is 11.9 Å². The third-order valence-corrected chi connectivity index (χ3v) is 4.86. The van der Waals surface area contributed by atoms with Crippen molar-refractivity contribution in [1.29, 1.82) is 0 Å². The Balaban J connectivity index is 1.69. The van der Waals surface area contributed by atoms with E-state index < -0.39 is 11.6 Å². The Labute approximate surface area is 135 Å². The van der Waals surface area contributed by atoms with Gasteiger partial charge in [-0.3, -0.25) is 14.5 Å². The molecule has 2 fully saturated rings. The van der Waals surface area contributed by atoms with Crippen LogP contribution in [0.1, 0.15) is 32.6 Å². The molecule has 1 saturated heterocycles. The van der Waals surface area contributed by atoms with Crippen molar-refractivity contribution >= 4 is 23.5 Å². The Morgan fingerprint density at radius 3 is 2.74 bits per heavy atom. The molecule has 2 atom stereocenters. The highest BCUT2D eigenvalue weighted by molar-refractivity contribution is 6.10. The lowest BCUT2D eigenvalue weighted by Crippen LogP contribution is -2.54. The van der Waals surface area contributed by atoms with Gasteiger partial charge in [0.05, 0.1) is 0 Å². The van der Waals surface area contributed by atoms with Crippen LogP contribution in [0, 0.1) is 5.92 Å². The number of carbonyl (C=O) groups is 3. The number of benzene rings is 1. The van der Waals surface area contributed by atoms with E-state index in [0.717, 1.165) is 24.2 Å². The van der Waals surface area contributed by atoms with Gasteiger partial charge in [0.25, 0.3) is 5.91 Å². The summed E-state index contributed by atoms with van der Waals surface area (Å²) in [6.45, 7) is 1.74. The summed E-state index contributed by atoms with van der Waals surface area (Å²) in [5.74, 6) is -0.548. The van der Waals surface area contributed by atoms with E-state index in [-0.39, 0.29) is 24.3 Å². The maximum Gasteiger partial charge on any atom is 0.325 e. The van der Waals surface area contributed by atoms with E-state index >= 15 is 0 Å². The summed E-state index contributed by atoms with van der Waals surface area (Å²) in [6, 6.07) is 8.51. The molecule has 0 bridgehead atoms. The first-order valence-corrected chi connectivity index (χ1v) is 8.02. The number of carbonyl (C=O) groups excluding carboxylic acids is 3. The Morgan fingerprint density at radius 2 is 2.04 bits per heavy atom. The number of amides is 4. The van der Waals surface area contributed by atoms with Crippen molar-refractivity contribution in [1.82, 2.24) is 10.2 Å². The predicted molar refractivity (Wildman–Crippen MR) is 85.7 cm³/mol. The second-order valence-electron chi connectivity index (χ2n) is 6.35. The molecular formula is C17H21N3O3. The van der Waals surface area contributed by atoms with Gasteiger partial charge in [-0.1, -0.05) is 38.0 Å². The first-order valence-electron chi connectivity index (χ1n) is 8.02. The molecule has 1 heterocycles. The second-order valence-corrected chi connectivity index (χ2v) is 6.35. The second kappa shape index (κ2) is 6.02. The third-order valence-electron chi connectivity index (χ3n) is 4.86. The first-order chi connectivity index (χ1) is 11.0. The molecule has 1 aromatic rings. The highest BCUT2D eigenvalue weighted by Gasteiger charge is 2.55. The molecule has 0 radical (unpaired) electrons. The summed E-state index contributed by atoms with van der Waals surface area (Å²) in [7, 11) is 0. The first kappa shape index (κ1) is 15.5. The van der Waals surface area contributed by atoms with Crippen molar-refractivity contribution in [2.45, 2.75) is 38.1 Å².